The molecule has 13 nitrogen and oxygen atoms in total. The molecule has 1 saturated carbocycles. The number of rotatable bonds is 7. The first-order chi connectivity index (χ1) is 14.9. The molecular formula is C16H23ClN5O8PS. The zero-order valence-electron chi connectivity index (χ0n) is 16.7. The standard InChI is InChI=1S/C16H23ClN5O8PS/c17-11-5-9(18-8-3-1-2-4-8)12-15(19-11)22(21-20-12)16-14(24)13(23)10(30-16)6-32(28,29)7-31(25,26)27/h5,8,10,13-14,16,23-24H,1-4,6-7H2,(H,18,19)(H2,25,26,27)/t10-,13-,14-,16-/m1/s1. The van der Waals surface area contributed by atoms with Crippen molar-refractivity contribution in [2.75, 3.05) is 16.6 Å². The second-order valence-corrected chi connectivity index (χ2v) is 12.6. The Balaban J connectivity index is 1.60. The normalized spacial score (nSPS) is 27.4. The van der Waals surface area contributed by atoms with Gasteiger partial charge in [-0.25, -0.2) is 13.4 Å². The van der Waals surface area contributed by atoms with Gasteiger partial charge in [-0.15, -0.1) is 5.10 Å². The van der Waals surface area contributed by atoms with Crippen LogP contribution in [0.25, 0.3) is 11.2 Å². The van der Waals surface area contributed by atoms with Gasteiger partial charge in [-0.3, -0.25) is 4.57 Å². The molecule has 0 unspecified atom stereocenters. The van der Waals surface area contributed by atoms with Crippen molar-refractivity contribution in [2.24, 2.45) is 0 Å². The molecule has 4 rings (SSSR count). The molecule has 1 aliphatic carbocycles. The Morgan fingerprint density at radius 2 is 1.94 bits per heavy atom. The average molecular weight is 512 g/mol. The van der Waals surface area contributed by atoms with E-state index in [-0.39, 0.29) is 16.8 Å². The second kappa shape index (κ2) is 8.76. The van der Waals surface area contributed by atoms with E-state index in [2.05, 4.69) is 20.6 Å². The summed E-state index contributed by atoms with van der Waals surface area (Å²) >= 11 is 6.16. The maximum absolute atomic E-state index is 12.1. The van der Waals surface area contributed by atoms with Crippen molar-refractivity contribution in [1.29, 1.82) is 0 Å². The van der Waals surface area contributed by atoms with Crippen LogP contribution in [-0.4, -0.2) is 84.0 Å². The van der Waals surface area contributed by atoms with Gasteiger partial charge in [0.15, 0.2) is 32.7 Å². The van der Waals surface area contributed by atoms with E-state index in [1.165, 1.54) is 0 Å². The minimum atomic E-state index is -4.85. The molecule has 32 heavy (non-hydrogen) atoms. The molecule has 1 saturated heterocycles. The van der Waals surface area contributed by atoms with Crippen LogP contribution in [0.1, 0.15) is 31.9 Å². The number of sulfone groups is 1. The van der Waals surface area contributed by atoms with E-state index in [1.807, 2.05) is 0 Å². The molecule has 2 fully saturated rings. The minimum Gasteiger partial charge on any atom is -0.387 e. The monoisotopic (exact) mass is 511 g/mol. The van der Waals surface area contributed by atoms with Crippen molar-refractivity contribution < 1.29 is 37.7 Å². The van der Waals surface area contributed by atoms with Crippen LogP contribution in [-0.2, 0) is 19.1 Å². The maximum atomic E-state index is 12.1. The lowest BCUT2D eigenvalue weighted by molar-refractivity contribution is -0.0375. The fraction of sp³-hybridized carbons (Fsp3) is 0.688. The molecule has 0 aromatic carbocycles. The van der Waals surface area contributed by atoms with Crippen molar-refractivity contribution in [3.63, 3.8) is 0 Å². The molecule has 3 heterocycles. The molecule has 2 aromatic heterocycles. The number of aromatic nitrogens is 4. The molecule has 1 aliphatic heterocycles. The molecule has 2 aromatic rings. The van der Waals surface area contributed by atoms with Crippen LogP contribution in [0, 0.1) is 0 Å². The largest absolute Gasteiger partial charge is 0.387 e. The van der Waals surface area contributed by atoms with Gasteiger partial charge in [-0.2, -0.15) is 4.68 Å². The Labute approximate surface area is 187 Å². The summed E-state index contributed by atoms with van der Waals surface area (Å²) in [6.45, 7) is 0. The summed E-state index contributed by atoms with van der Waals surface area (Å²) in [6, 6.07) is 1.86. The number of hydrogen-bond acceptors (Lipinski definition) is 10. The SMILES string of the molecule is O=P(O)(O)CS(=O)(=O)C[C@H]1O[C@@H](n2nnc3c(NC4CCCC4)cc(Cl)nc32)[C@H](O)[C@@H]1O. The molecule has 178 valence electrons. The third-order valence-corrected chi connectivity index (χ3v) is 9.43. The van der Waals surface area contributed by atoms with Gasteiger partial charge in [0.05, 0.1) is 11.4 Å². The third kappa shape index (κ3) is 5.07. The molecule has 4 atom stereocenters. The lowest BCUT2D eigenvalue weighted by Gasteiger charge is -2.16. The van der Waals surface area contributed by atoms with Crippen LogP contribution in [0.4, 0.5) is 5.69 Å². The Bertz CT molecular complexity index is 1150. The molecule has 0 spiro atoms. The Morgan fingerprint density at radius 1 is 1.25 bits per heavy atom. The fourth-order valence-corrected chi connectivity index (χ4v) is 7.52. The fourth-order valence-electron chi connectivity index (χ4n) is 4.09. The number of anilines is 1. The third-order valence-electron chi connectivity index (χ3n) is 5.48. The van der Waals surface area contributed by atoms with Gasteiger partial charge in [0, 0.05) is 12.1 Å². The first-order valence-electron chi connectivity index (χ1n) is 9.88. The number of aliphatic hydroxyl groups excluding tert-OH is 2. The summed E-state index contributed by atoms with van der Waals surface area (Å²) in [5.74, 6) is -0.901. The molecule has 0 amide bonds. The second-order valence-electron chi connectivity index (χ2n) is 8.07. The summed E-state index contributed by atoms with van der Waals surface area (Å²) in [6.07, 6.45) is -1.81. The van der Waals surface area contributed by atoms with Crippen molar-refractivity contribution in [3.8, 4) is 0 Å². The van der Waals surface area contributed by atoms with Gasteiger partial charge >= 0.3 is 7.60 Å². The van der Waals surface area contributed by atoms with Crippen molar-refractivity contribution in [2.45, 2.75) is 56.3 Å². The van der Waals surface area contributed by atoms with E-state index >= 15 is 0 Å². The number of nitrogens with zero attached hydrogens (tertiary/aromatic N) is 4. The summed E-state index contributed by atoms with van der Waals surface area (Å²) in [4.78, 5) is 22.1. The van der Waals surface area contributed by atoms with Crippen LogP contribution in [0.15, 0.2) is 6.07 Å². The molecule has 0 radical (unpaired) electrons. The van der Waals surface area contributed by atoms with E-state index in [0.29, 0.717) is 11.2 Å². The number of pyridine rings is 1. The van der Waals surface area contributed by atoms with E-state index in [4.69, 9.17) is 26.1 Å². The van der Waals surface area contributed by atoms with Crippen LogP contribution in [0.2, 0.25) is 5.15 Å². The first-order valence-corrected chi connectivity index (χ1v) is 13.9. The number of halogens is 1. The number of hydrogen-bond donors (Lipinski definition) is 5. The summed E-state index contributed by atoms with van der Waals surface area (Å²) in [5, 5.41) is 32.3. The van der Waals surface area contributed by atoms with Crippen LogP contribution in [0.3, 0.4) is 0 Å². The van der Waals surface area contributed by atoms with E-state index in [0.717, 1.165) is 30.4 Å². The molecule has 5 N–H and O–H groups in total. The highest BCUT2D eigenvalue weighted by molar-refractivity contribution is 7.97. The minimum absolute atomic E-state index is 0.135. The van der Waals surface area contributed by atoms with Crippen molar-refractivity contribution >= 4 is 45.9 Å². The van der Waals surface area contributed by atoms with Crippen LogP contribution in [0.5, 0.6) is 0 Å². The van der Waals surface area contributed by atoms with Crippen molar-refractivity contribution in [1.82, 2.24) is 20.0 Å². The number of fused-ring (bicyclic) bond motifs is 1. The predicted molar refractivity (Wildman–Crippen MR) is 113 cm³/mol. The Morgan fingerprint density at radius 3 is 2.59 bits per heavy atom. The lowest BCUT2D eigenvalue weighted by Crippen LogP contribution is -2.36. The van der Waals surface area contributed by atoms with Crippen molar-refractivity contribution in [3.05, 3.63) is 11.2 Å². The highest BCUT2D eigenvalue weighted by Gasteiger charge is 2.47. The summed E-state index contributed by atoms with van der Waals surface area (Å²) in [5.41, 5.74) is -0.267. The first kappa shape index (κ1) is 23.8. The molecule has 0 bridgehead atoms. The van der Waals surface area contributed by atoms with Gasteiger partial charge in [0.25, 0.3) is 0 Å². The van der Waals surface area contributed by atoms with Gasteiger partial charge in [-0.1, -0.05) is 29.7 Å². The summed E-state index contributed by atoms with van der Waals surface area (Å²) < 4.78 is 41.8. The van der Waals surface area contributed by atoms with Gasteiger partial charge < -0.3 is 30.1 Å². The zero-order chi connectivity index (χ0) is 23.3. The highest BCUT2D eigenvalue weighted by atomic mass is 35.5. The smallest absolute Gasteiger partial charge is 0.340 e. The number of ether oxygens (including phenoxy) is 1. The Kier molecular flexibility index (Phi) is 6.51. The van der Waals surface area contributed by atoms with E-state index < -0.39 is 53.2 Å². The molecule has 2 aliphatic rings. The lowest BCUT2D eigenvalue weighted by atomic mass is 10.1. The van der Waals surface area contributed by atoms with Gasteiger partial charge in [-0.05, 0) is 12.8 Å². The predicted octanol–water partition coefficient (Wildman–Crippen LogP) is 0.00340. The van der Waals surface area contributed by atoms with Crippen LogP contribution < -0.4 is 5.32 Å². The number of aliphatic hydroxyl groups is 2. The molecule has 16 heteroatoms. The quantitative estimate of drug-likeness (QED) is 0.247. The highest BCUT2D eigenvalue weighted by Crippen LogP contribution is 2.38. The Hall–Kier alpha value is -1.38. The summed E-state index contributed by atoms with van der Waals surface area (Å²) in [7, 11) is -9.14. The average Bonchev–Trinajstić information content (AvgIpc) is 3.36. The topological polar surface area (TPSA) is 197 Å². The van der Waals surface area contributed by atoms with Gasteiger partial charge in [0.1, 0.15) is 23.5 Å². The number of nitrogens with one attached hydrogen (secondary N) is 1. The van der Waals surface area contributed by atoms with E-state index in [1.54, 1.807) is 6.07 Å². The van der Waals surface area contributed by atoms with E-state index in [9.17, 15) is 23.2 Å². The van der Waals surface area contributed by atoms with Gasteiger partial charge in [0.2, 0.25) is 0 Å². The molecular weight excluding hydrogens is 489 g/mol. The van der Waals surface area contributed by atoms with Crippen LogP contribution >= 0.6 is 19.2 Å². The maximum Gasteiger partial charge on any atom is 0.340 e. The zero-order valence-corrected chi connectivity index (χ0v) is 19.1.